The molecule has 23 heavy (non-hydrogen) atoms. The number of thiazole rings is 1. The normalized spacial score (nSPS) is 16.5. The van der Waals surface area contributed by atoms with Gasteiger partial charge in [0.2, 0.25) is 0 Å². The van der Waals surface area contributed by atoms with Crippen LogP contribution in [0.3, 0.4) is 0 Å². The van der Waals surface area contributed by atoms with E-state index < -0.39 is 0 Å². The molecule has 1 amide bonds. The van der Waals surface area contributed by atoms with E-state index in [9.17, 15) is 4.79 Å². The van der Waals surface area contributed by atoms with Gasteiger partial charge in [-0.2, -0.15) is 0 Å². The zero-order valence-corrected chi connectivity index (χ0v) is 14.5. The monoisotopic (exact) mass is 331 g/mol. The van der Waals surface area contributed by atoms with E-state index in [4.69, 9.17) is 0 Å². The first-order valence-electron chi connectivity index (χ1n) is 7.77. The molecule has 0 unspecified atom stereocenters. The molecular weight excluding hydrogens is 310 g/mol. The van der Waals surface area contributed by atoms with Gasteiger partial charge in [0.05, 0.1) is 5.69 Å². The molecule has 0 saturated carbocycles. The molecule has 3 heterocycles. The Balaban J connectivity index is 1.78. The van der Waals surface area contributed by atoms with Crippen LogP contribution in [-0.4, -0.2) is 63.9 Å². The summed E-state index contributed by atoms with van der Waals surface area (Å²) in [4.78, 5) is 30.6. The fourth-order valence-electron chi connectivity index (χ4n) is 2.81. The third-order valence-corrected chi connectivity index (χ3v) is 5.45. The number of carbonyl (C=O) groups excluding carboxylic acids is 1. The average molecular weight is 331 g/mol. The van der Waals surface area contributed by atoms with Gasteiger partial charge in [0.1, 0.15) is 4.88 Å². The SMILES string of the molecule is Cc1nc(-c2ncccn2)sc1C(=O)N(C)C1CCN(C)CC1. The standard InChI is InChI=1S/C16H21N5OS/c1-11-13(23-15(19-11)14-17-7-4-8-18-14)16(22)21(3)12-5-9-20(2)10-6-12/h4,7-8,12H,5-6,9-10H2,1-3H3. The number of nitrogens with zero attached hydrogens (tertiary/aromatic N) is 5. The number of amides is 1. The van der Waals surface area contributed by atoms with Gasteiger partial charge in [0.15, 0.2) is 10.8 Å². The Morgan fingerprint density at radius 1 is 1.30 bits per heavy atom. The van der Waals surface area contributed by atoms with E-state index in [2.05, 4.69) is 26.9 Å². The third-order valence-electron chi connectivity index (χ3n) is 4.30. The minimum absolute atomic E-state index is 0.0525. The van der Waals surface area contributed by atoms with Gasteiger partial charge in [-0.25, -0.2) is 15.0 Å². The third kappa shape index (κ3) is 3.40. The quantitative estimate of drug-likeness (QED) is 0.862. The molecule has 2 aromatic rings. The van der Waals surface area contributed by atoms with Crippen LogP contribution in [0.5, 0.6) is 0 Å². The smallest absolute Gasteiger partial charge is 0.265 e. The lowest BCUT2D eigenvalue weighted by atomic mass is 10.0. The van der Waals surface area contributed by atoms with E-state index in [0.29, 0.717) is 21.8 Å². The van der Waals surface area contributed by atoms with Crippen LogP contribution in [0.2, 0.25) is 0 Å². The Hall–Kier alpha value is -1.86. The molecule has 1 fully saturated rings. The highest BCUT2D eigenvalue weighted by molar-refractivity contribution is 7.17. The Kier molecular flexibility index (Phi) is 4.68. The summed E-state index contributed by atoms with van der Waals surface area (Å²) >= 11 is 1.38. The van der Waals surface area contributed by atoms with Gasteiger partial charge >= 0.3 is 0 Å². The van der Waals surface area contributed by atoms with Crippen molar-refractivity contribution in [1.82, 2.24) is 24.8 Å². The lowest BCUT2D eigenvalue weighted by molar-refractivity contribution is 0.0663. The summed E-state index contributed by atoms with van der Waals surface area (Å²) in [5.41, 5.74) is 0.752. The van der Waals surface area contributed by atoms with Gasteiger partial charge in [-0.3, -0.25) is 4.79 Å². The molecule has 1 aliphatic heterocycles. The molecule has 0 spiro atoms. The zero-order chi connectivity index (χ0) is 16.4. The molecule has 1 saturated heterocycles. The molecule has 1 aliphatic rings. The molecule has 7 heteroatoms. The summed E-state index contributed by atoms with van der Waals surface area (Å²) in [7, 11) is 4.02. The van der Waals surface area contributed by atoms with E-state index in [0.717, 1.165) is 31.6 Å². The van der Waals surface area contributed by atoms with Crippen molar-refractivity contribution >= 4 is 17.2 Å². The molecule has 0 N–H and O–H groups in total. The van der Waals surface area contributed by atoms with Crippen molar-refractivity contribution in [3.63, 3.8) is 0 Å². The van der Waals surface area contributed by atoms with E-state index >= 15 is 0 Å². The van der Waals surface area contributed by atoms with Crippen molar-refractivity contribution in [3.05, 3.63) is 29.0 Å². The average Bonchev–Trinajstić information content (AvgIpc) is 2.97. The number of aryl methyl sites for hydroxylation is 1. The molecule has 0 radical (unpaired) electrons. The summed E-state index contributed by atoms with van der Waals surface area (Å²) < 4.78 is 0. The molecule has 0 aliphatic carbocycles. The van der Waals surface area contributed by atoms with Crippen LogP contribution in [0.25, 0.3) is 10.8 Å². The highest BCUT2D eigenvalue weighted by atomic mass is 32.1. The van der Waals surface area contributed by atoms with E-state index in [-0.39, 0.29) is 5.91 Å². The Morgan fingerprint density at radius 3 is 2.61 bits per heavy atom. The van der Waals surface area contributed by atoms with Gasteiger partial charge in [-0.15, -0.1) is 11.3 Å². The number of aromatic nitrogens is 3. The van der Waals surface area contributed by atoms with Crippen LogP contribution in [0, 0.1) is 6.92 Å². The second-order valence-electron chi connectivity index (χ2n) is 5.96. The Labute approximate surface area is 140 Å². The first-order chi connectivity index (χ1) is 11.1. The van der Waals surface area contributed by atoms with Crippen LogP contribution < -0.4 is 0 Å². The lowest BCUT2D eigenvalue weighted by Gasteiger charge is -2.34. The first-order valence-corrected chi connectivity index (χ1v) is 8.58. The maximum absolute atomic E-state index is 12.8. The second kappa shape index (κ2) is 6.72. The van der Waals surface area contributed by atoms with Crippen molar-refractivity contribution in [2.75, 3.05) is 27.2 Å². The van der Waals surface area contributed by atoms with Crippen molar-refractivity contribution in [2.45, 2.75) is 25.8 Å². The van der Waals surface area contributed by atoms with Crippen LogP contribution >= 0.6 is 11.3 Å². The number of carbonyl (C=O) groups is 1. The number of likely N-dealkylation sites (tertiary alicyclic amines) is 1. The molecular formula is C16H21N5OS. The van der Waals surface area contributed by atoms with Gasteiger partial charge in [0.25, 0.3) is 5.91 Å². The van der Waals surface area contributed by atoms with Gasteiger partial charge in [0, 0.05) is 25.5 Å². The van der Waals surface area contributed by atoms with Crippen LogP contribution in [0.4, 0.5) is 0 Å². The largest absolute Gasteiger partial charge is 0.338 e. The molecule has 2 aromatic heterocycles. The first kappa shape index (κ1) is 16.0. The van der Waals surface area contributed by atoms with Crippen LogP contribution in [-0.2, 0) is 0 Å². The van der Waals surface area contributed by atoms with E-state index in [1.165, 1.54) is 11.3 Å². The number of hydrogen-bond acceptors (Lipinski definition) is 6. The lowest BCUT2D eigenvalue weighted by Crippen LogP contribution is -2.44. The molecule has 0 bridgehead atoms. The fourth-order valence-corrected chi connectivity index (χ4v) is 3.81. The highest BCUT2D eigenvalue weighted by Gasteiger charge is 2.27. The molecule has 0 aromatic carbocycles. The maximum atomic E-state index is 12.8. The van der Waals surface area contributed by atoms with Crippen molar-refractivity contribution in [1.29, 1.82) is 0 Å². The summed E-state index contributed by atoms with van der Waals surface area (Å²) in [6, 6.07) is 2.07. The predicted molar refractivity (Wildman–Crippen MR) is 90.5 cm³/mol. The van der Waals surface area contributed by atoms with Gasteiger partial charge in [-0.05, 0) is 46.0 Å². The zero-order valence-electron chi connectivity index (χ0n) is 13.7. The molecule has 3 rings (SSSR count). The van der Waals surface area contributed by atoms with Gasteiger partial charge in [-0.1, -0.05) is 0 Å². The molecule has 6 nitrogen and oxygen atoms in total. The molecule has 122 valence electrons. The summed E-state index contributed by atoms with van der Waals surface area (Å²) in [6.07, 6.45) is 5.41. The number of rotatable bonds is 3. The van der Waals surface area contributed by atoms with Crippen molar-refractivity contribution in [2.24, 2.45) is 0 Å². The van der Waals surface area contributed by atoms with Crippen LogP contribution in [0.15, 0.2) is 18.5 Å². The Morgan fingerprint density at radius 2 is 1.96 bits per heavy atom. The molecule has 0 atom stereocenters. The van der Waals surface area contributed by atoms with Crippen molar-refractivity contribution < 1.29 is 4.79 Å². The van der Waals surface area contributed by atoms with Crippen LogP contribution in [0.1, 0.15) is 28.2 Å². The summed E-state index contributed by atoms with van der Waals surface area (Å²) in [5, 5.41) is 0.697. The van der Waals surface area contributed by atoms with Crippen molar-refractivity contribution in [3.8, 4) is 10.8 Å². The fraction of sp³-hybridized carbons (Fsp3) is 0.500. The highest BCUT2D eigenvalue weighted by Crippen LogP contribution is 2.27. The summed E-state index contributed by atoms with van der Waals surface area (Å²) in [6.45, 7) is 3.94. The van der Waals surface area contributed by atoms with E-state index in [1.807, 2.05) is 18.9 Å². The maximum Gasteiger partial charge on any atom is 0.265 e. The summed E-state index contributed by atoms with van der Waals surface area (Å²) in [5.74, 6) is 0.623. The topological polar surface area (TPSA) is 62.2 Å². The van der Waals surface area contributed by atoms with E-state index in [1.54, 1.807) is 18.5 Å². The number of piperidine rings is 1. The Bertz CT molecular complexity index is 679. The minimum atomic E-state index is 0.0525. The predicted octanol–water partition coefficient (Wildman–Crippen LogP) is 2.07. The number of hydrogen-bond donors (Lipinski definition) is 0. The minimum Gasteiger partial charge on any atom is -0.338 e. The second-order valence-corrected chi connectivity index (χ2v) is 6.96. The van der Waals surface area contributed by atoms with Gasteiger partial charge < -0.3 is 9.80 Å².